The second kappa shape index (κ2) is 5.52. The molecule has 1 aliphatic carbocycles. The van der Waals surface area contributed by atoms with E-state index in [0.29, 0.717) is 12.3 Å². The molecule has 0 unspecified atom stereocenters. The molecular weight excluding hydrogens is 220 g/mol. The first-order chi connectivity index (χ1) is 7.78. The highest BCUT2D eigenvalue weighted by atomic mass is 16.6. The standard InChI is InChI=1S/C13H22O4/c1-13(2,3)17-11(14)8-10(12(15)16)7-9-5-4-6-9/h9-10H,4-8H2,1-3H3,(H,15,16)/t10-/m1/s1. The van der Waals surface area contributed by atoms with Crippen molar-refractivity contribution in [1.82, 2.24) is 0 Å². The van der Waals surface area contributed by atoms with Crippen LogP contribution in [0.15, 0.2) is 0 Å². The van der Waals surface area contributed by atoms with Crippen molar-refractivity contribution >= 4 is 11.9 Å². The molecule has 0 aliphatic heterocycles. The highest BCUT2D eigenvalue weighted by Gasteiger charge is 2.29. The molecule has 0 spiro atoms. The van der Waals surface area contributed by atoms with Gasteiger partial charge in [-0.25, -0.2) is 0 Å². The lowest BCUT2D eigenvalue weighted by Gasteiger charge is -2.28. The molecule has 4 heteroatoms. The van der Waals surface area contributed by atoms with Gasteiger partial charge in [-0.2, -0.15) is 0 Å². The van der Waals surface area contributed by atoms with Gasteiger partial charge in [0.05, 0.1) is 12.3 Å². The van der Waals surface area contributed by atoms with Gasteiger partial charge in [0.2, 0.25) is 0 Å². The SMILES string of the molecule is CC(C)(C)OC(=O)C[C@@H](CC1CCC1)C(=O)O. The largest absolute Gasteiger partial charge is 0.481 e. The Kier molecular flexibility index (Phi) is 4.54. The summed E-state index contributed by atoms with van der Waals surface area (Å²) in [5.41, 5.74) is -0.545. The molecule has 1 fully saturated rings. The van der Waals surface area contributed by atoms with Crippen LogP contribution in [0.25, 0.3) is 0 Å². The van der Waals surface area contributed by atoms with Gasteiger partial charge in [0.1, 0.15) is 5.60 Å². The van der Waals surface area contributed by atoms with E-state index in [0.717, 1.165) is 12.8 Å². The fraction of sp³-hybridized carbons (Fsp3) is 0.846. The van der Waals surface area contributed by atoms with Gasteiger partial charge >= 0.3 is 11.9 Å². The normalized spacial score (nSPS) is 18.3. The van der Waals surface area contributed by atoms with E-state index in [-0.39, 0.29) is 6.42 Å². The van der Waals surface area contributed by atoms with Crippen LogP contribution in [-0.2, 0) is 14.3 Å². The second-order valence-electron chi connectivity index (χ2n) is 5.86. The topological polar surface area (TPSA) is 63.6 Å². The van der Waals surface area contributed by atoms with Crippen LogP contribution >= 0.6 is 0 Å². The Balaban J connectivity index is 2.42. The Morgan fingerprint density at radius 1 is 1.35 bits per heavy atom. The molecular formula is C13H22O4. The molecule has 0 aromatic rings. The van der Waals surface area contributed by atoms with E-state index in [1.165, 1.54) is 6.42 Å². The zero-order valence-electron chi connectivity index (χ0n) is 10.9. The maximum Gasteiger partial charge on any atom is 0.307 e. The Bertz CT molecular complexity index is 286. The number of rotatable bonds is 5. The fourth-order valence-electron chi connectivity index (χ4n) is 1.99. The summed E-state index contributed by atoms with van der Waals surface area (Å²) in [6, 6.07) is 0. The molecule has 1 rings (SSSR count). The number of hydrogen-bond acceptors (Lipinski definition) is 3. The molecule has 1 saturated carbocycles. The summed E-state index contributed by atoms with van der Waals surface area (Å²) in [4.78, 5) is 22.6. The zero-order chi connectivity index (χ0) is 13.1. The summed E-state index contributed by atoms with van der Waals surface area (Å²) in [6.45, 7) is 5.35. The van der Waals surface area contributed by atoms with E-state index in [1.54, 1.807) is 20.8 Å². The quantitative estimate of drug-likeness (QED) is 0.753. The average Bonchev–Trinajstić information content (AvgIpc) is 2.05. The highest BCUT2D eigenvalue weighted by Crippen LogP contribution is 2.33. The minimum atomic E-state index is -0.886. The molecule has 4 nitrogen and oxygen atoms in total. The van der Waals surface area contributed by atoms with Gasteiger partial charge in [0.15, 0.2) is 0 Å². The van der Waals surface area contributed by atoms with E-state index in [4.69, 9.17) is 9.84 Å². The lowest BCUT2D eigenvalue weighted by molar-refractivity contribution is -0.160. The van der Waals surface area contributed by atoms with E-state index in [9.17, 15) is 9.59 Å². The van der Waals surface area contributed by atoms with E-state index in [2.05, 4.69) is 0 Å². The summed E-state index contributed by atoms with van der Waals surface area (Å²) in [5.74, 6) is -1.40. The first-order valence-corrected chi connectivity index (χ1v) is 6.22. The molecule has 17 heavy (non-hydrogen) atoms. The van der Waals surface area contributed by atoms with Gasteiger partial charge in [0, 0.05) is 0 Å². The number of carboxylic acid groups (broad SMARTS) is 1. The number of esters is 1. The predicted octanol–water partition coefficient (Wildman–Crippen LogP) is 2.61. The summed E-state index contributed by atoms with van der Waals surface area (Å²) < 4.78 is 5.15. The lowest BCUT2D eigenvalue weighted by atomic mass is 9.78. The number of carboxylic acids is 1. The van der Waals surface area contributed by atoms with Crippen LogP contribution in [0.3, 0.4) is 0 Å². The summed E-state index contributed by atoms with van der Waals surface area (Å²) >= 11 is 0. The third-order valence-corrected chi connectivity index (χ3v) is 3.02. The maximum absolute atomic E-state index is 11.6. The first-order valence-electron chi connectivity index (χ1n) is 6.22. The molecule has 1 atom stereocenters. The van der Waals surface area contributed by atoms with Crippen molar-refractivity contribution < 1.29 is 19.4 Å². The molecule has 0 heterocycles. The summed E-state index contributed by atoms with van der Waals surface area (Å²) in [6.07, 6.45) is 3.97. The van der Waals surface area contributed by atoms with Crippen molar-refractivity contribution in [3.8, 4) is 0 Å². The van der Waals surface area contributed by atoms with Gasteiger partial charge < -0.3 is 9.84 Å². The minimum Gasteiger partial charge on any atom is -0.481 e. The van der Waals surface area contributed by atoms with Crippen LogP contribution in [-0.4, -0.2) is 22.6 Å². The third kappa shape index (κ3) is 5.20. The van der Waals surface area contributed by atoms with Gasteiger partial charge in [0.25, 0.3) is 0 Å². The molecule has 0 aromatic heterocycles. The molecule has 98 valence electrons. The molecule has 1 N–H and O–H groups in total. The molecule has 0 radical (unpaired) electrons. The predicted molar refractivity (Wildman–Crippen MR) is 63.5 cm³/mol. The molecule has 0 bridgehead atoms. The Morgan fingerprint density at radius 2 is 1.94 bits per heavy atom. The molecule has 0 saturated heterocycles. The number of ether oxygens (including phenoxy) is 1. The molecule has 0 amide bonds. The maximum atomic E-state index is 11.6. The fourth-order valence-corrected chi connectivity index (χ4v) is 1.99. The molecule has 0 aromatic carbocycles. The number of carbonyl (C=O) groups excluding carboxylic acids is 1. The van der Waals surface area contributed by atoms with E-state index in [1.807, 2.05) is 0 Å². The lowest BCUT2D eigenvalue weighted by Crippen LogP contribution is -2.29. The first kappa shape index (κ1) is 14.0. The van der Waals surface area contributed by atoms with Gasteiger partial charge in [-0.05, 0) is 33.1 Å². The Hall–Kier alpha value is -1.06. The zero-order valence-corrected chi connectivity index (χ0v) is 10.9. The Morgan fingerprint density at radius 3 is 2.29 bits per heavy atom. The summed E-state index contributed by atoms with van der Waals surface area (Å²) in [5, 5.41) is 9.08. The smallest absolute Gasteiger partial charge is 0.307 e. The average molecular weight is 242 g/mol. The Labute approximate surface area is 102 Å². The second-order valence-corrected chi connectivity index (χ2v) is 5.86. The van der Waals surface area contributed by atoms with Crippen molar-refractivity contribution in [1.29, 1.82) is 0 Å². The monoisotopic (exact) mass is 242 g/mol. The van der Waals surface area contributed by atoms with Crippen molar-refractivity contribution in [3.63, 3.8) is 0 Å². The van der Waals surface area contributed by atoms with Crippen molar-refractivity contribution in [3.05, 3.63) is 0 Å². The summed E-state index contributed by atoms with van der Waals surface area (Å²) in [7, 11) is 0. The van der Waals surface area contributed by atoms with Crippen LogP contribution in [0.5, 0.6) is 0 Å². The van der Waals surface area contributed by atoms with E-state index >= 15 is 0 Å². The van der Waals surface area contributed by atoms with Gasteiger partial charge in [-0.15, -0.1) is 0 Å². The van der Waals surface area contributed by atoms with Crippen LogP contribution in [0.2, 0.25) is 0 Å². The minimum absolute atomic E-state index is 0.0108. The number of hydrogen-bond donors (Lipinski definition) is 1. The van der Waals surface area contributed by atoms with Crippen molar-refractivity contribution in [2.45, 2.75) is 58.5 Å². The third-order valence-electron chi connectivity index (χ3n) is 3.02. The van der Waals surface area contributed by atoms with Crippen LogP contribution in [0, 0.1) is 11.8 Å². The molecule has 1 aliphatic rings. The van der Waals surface area contributed by atoms with Crippen LogP contribution in [0.1, 0.15) is 52.9 Å². The number of aliphatic carboxylic acids is 1. The van der Waals surface area contributed by atoms with Crippen molar-refractivity contribution in [2.24, 2.45) is 11.8 Å². The van der Waals surface area contributed by atoms with Gasteiger partial charge in [-0.1, -0.05) is 19.3 Å². The van der Waals surface area contributed by atoms with Crippen LogP contribution < -0.4 is 0 Å². The van der Waals surface area contributed by atoms with E-state index < -0.39 is 23.5 Å². The van der Waals surface area contributed by atoms with Crippen LogP contribution in [0.4, 0.5) is 0 Å². The van der Waals surface area contributed by atoms with Gasteiger partial charge in [-0.3, -0.25) is 9.59 Å². The highest BCUT2D eigenvalue weighted by molar-refractivity contribution is 5.78. The number of carbonyl (C=O) groups is 2. The van der Waals surface area contributed by atoms with Crippen molar-refractivity contribution in [2.75, 3.05) is 0 Å².